The van der Waals surface area contributed by atoms with Crippen molar-refractivity contribution in [3.05, 3.63) is 0 Å². The summed E-state index contributed by atoms with van der Waals surface area (Å²) in [6, 6.07) is 0. The minimum absolute atomic E-state index is 0.0302. The maximum Gasteiger partial charge on any atom is 0.0524 e. The Morgan fingerprint density at radius 2 is 1.88 bits per heavy atom. The largest absolute Gasteiger partial charge is 0.307 e. The van der Waals surface area contributed by atoms with Gasteiger partial charge in [0.05, 0.1) is 5.54 Å². The van der Waals surface area contributed by atoms with E-state index in [4.69, 9.17) is 5.41 Å². The van der Waals surface area contributed by atoms with E-state index in [2.05, 4.69) is 4.99 Å². The summed E-state index contributed by atoms with van der Waals surface area (Å²) in [6.45, 7) is 5.98. The summed E-state index contributed by atoms with van der Waals surface area (Å²) in [4.78, 5) is 4.01. The Morgan fingerprint density at radius 1 is 1.38 bits per heavy atom. The molecule has 0 fully saturated rings. The first-order chi connectivity index (χ1) is 3.56. The van der Waals surface area contributed by atoms with Crippen LogP contribution in [0.3, 0.4) is 0 Å². The summed E-state index contributed by atoms with van der Waals surface area (Å²) in [7, 11) is 0. The first kappa shape index (κ1) is 7.34. The normalized spacial score (nSPS) is 12.4. The molecule has 0 spiro atoms. The average Bonchev–Trinajstić information content (AvgIpc) is 1.59. The quantitative estimate of drug-likeness (QED) is 0.499. The molecule has 0 aliphatic rings. The smallest absolute Gasteiger partial charge is 0.0524 e. The third-order valence-corrected chi connectivity index (χ3v) is 0.536. The van der Waals surface area contributed by atoms with Gasteiger partial charge in [0.25, 0.3) is 0 Å². The molecule has 0 rings (SSSR count). The molecule has 0 aromatic heterocycles. The van der Waals surface area contributed by atoms with Crippen molar-refractivity contribution in [1.29, 1.82) is 5.41 Å². The lowest BCUT2D eigenvalue weighted by Gasteiger charge is -2.09. The van der Waals surface area contributed by atoms with Gasteiger partial charge in [-0.15, -0.1) is 0 Å². The lowest BCUT2D eigenvalue weighted by molar-refractivity contribution is 0.587. The highest BCUT2D eigenvalue weighted by Crippen LogP contribution is 2.03. The summed E-state index contributed by atoms with van der Waals surface area (Å²) < 4.78 is 0. The van der Waals surface area contributed by atoms with E-state index in [9.17, 15) is 0 Å². The molecule has 0 heterocycles. The van der Waals surface area contributed by atoms with Gasteiger partial charge in [-0.2, -0.15) is 0 Å². The first-order valence-electron chi connectivity index (χ1n) is 2.60. The molecule has 0 atom stereocenters. The van der Waals surface area contributed by atoms with E-state index in [0.717, 1.165) is 0 Å². The molecule has 46 valence electrons. The van der Waals surface area contributed by atoms with Crippen molar-refractivity contribution < 1.29 is 0 Å². The summed E-state index contributed by atoms with van der Waals surface area (Å²) in [5.74, 6) is 0. The molecule has 0 unspecified atom stereocenters. The second-order valence-electron chi connectivity index (χ2n) is 2.62. The van der Waals surface area contributed by atoms with Crippen LogP contribution >= 0.6 is 0 Å². The van der Waals surface area contributed by atoms with Crippen molar-refractivity contribution in [2.45, 2.75) is 26.3 Å². The van der Waals surface area contributed by atoms with Crippen LogP contribution in [0.15, 0.2) is 4.99 Å². The van der Waals surface area contributed by atoms with Gasteiger partial charge in [0.15, 0.2) is 0 Å². The molecular formula is C6H12N2. The molecule has 0 radical (unpaired) electrons. The predicted octanol–water partition coefficient (Wildman–Crippen LogP) is 1.51. The molecular weight excluding hydrogens is 100 g/mol. The second-order valence-corrected chi connectivity index (χ2v) is 2.62. The van der Waals surface area contributed by atoms with E-state index in [0.29, 0.717) is 0 Å². The van der Waals surface area contributed by atoms with Gasteiger partial charge in [0.1, 0.15) is 0 Å². The lowest BCUT2D eigenvalue weighted by atomic mass is 10.1. The van der Waals surface area contributed by atoms with Gasteiger partial charge in [-0.1, -0.05) is 0 Å². The van der Waals surface area contributed by atoms with E-state index in [1.165, 1.54) is 12.4 Å². The molecule has 8 heavy (non-hydrogen) atoms. The molecule has 0 saturated heterocycles. The molecule has 0 amide bonds. The monoisotopic (exact) mass is 112 g/mol. The summed E-state index contributed by atoms with van der Waals surface area (Å²) in [5.41, 5.74) is -0.0302. The minimum Gasteiger partial charge on any atom is -0.307 e. The van der Waals surface area contributed by atoms with E-state index < -0.39 is 0 Å². The maximum atomic E-state index is 6.61. The SMILES string of the molecule is CC(C)(C)/N=C/C=N. The summed E-state index contributed by atoms with van der Waals surface area (Å²) >= 11 is 0. The van der Waals surface area contributed by atoms with Crippen LogP contribution in [0.5, 0.6) is 0 Å². The van der Waals surface area contributed by atoms with Crippen LogP contribution < -0.4 is 0 Å². The summed E-state index contributed by atoms with van der Waals surface area (Å²) in [5, 5.41) is 6.61. The standard InChI is InChI=1S/C6H12N2/c1-6(2,3)8-5-4-7/h4-5,7H,1-3H3/b7-4?,8-5+. The lowest BCUT2D eigenvalue weighted by Crippen LogP contribution is -2.09. The third kappa shape index (κ3) is 5.34. The number of hydrogen-bond acceptors (Lipinski definition) is 2. The molecule has 0 aliphatic carbocycles. The Labute approximate surface area is 50.1 Å². The maximum absolute atomic E-state index is 6.61. The van der Waals surface area contributed by atoms with Gasteiger partial charge in [-0.25, -0.2) is 0 Å². The number of nitrogens with zero attached hydrogens (tertiary/aromatic N) is 1. The zero-order valence-corrected chi connectivity index (χ0v) is 5.60. The summed E-state index contributed by atoms with van der Waals surface area (Å²) in [6.07, 6.45) is 2.69. The Balaban J connectivity index is 3.69. The van der Waals surface area contributed by atoms with E-state index in [1.807, 2.05) is 20.8 Å². The Hall–Kier alpha value is -0.660. The Bertz CT molecular complexity index is 97.6. The van der Waals surface area contributed by atoms with Gasteiger partial charge < -0.3 is 5.41 Å². The van der Waals surface area contributed by atoms with Crippen molar-refractivity contribution in [2.24, 2.45) is 4.99 Å². The Morgan fingerprint density at radius 3 is 2.00 bits per heavy atom. The van der Waals surface area contributed by atoms with Gasteiger partial charge in [0, 0.05) is 12.4 Å². The topological polar surface area (TPSA) is 36.2 Å². The molecule has 2 nitrogen and oxygen atoms in total. The number of aliphatic imine (C=N–C) groups is 1. The highest BCUT2D eigenvalue weighted by molar-refractivity contribution is 6.14. The van der Waals surface area contributed by atoms with Gasteiger partial charge in [-0.05, 0) is 20.8 Å². The molecule has 0 aromatic carbocycles. The van der Waals surface area contributed by atoms with Crippen LogP contribution in [-0.2, 0) is 0 Å². The zero-order valence-electron chi connectivity index (χ0n) is 5.60. The van der Waals surface area contributed by atoms with Crippen LogP contribution in [0.2, 0.25) is 0 Å². The fourth-order valence-corrected chi connectivity index (χ4v) is 0.261. The Kier molecular flexibility index (Phi) is 2.38. The van der Waals surface area contributed by atoms with Crippen molar-refractivity contribution in [2.75, 3.05) is 0 Å². The van der Waals surface area contributed by atoms with Crippen LogP contribution in [0.1, 0.15) is 20.8 Å². The number of nitrogens with one attached hydrogen (secondary N) is 1. The predicted molar refractivity (Wildman–Crippen MR) is 37.0 cm³/mol. The molecule has 0 bridgehead atoms. The van der Waals surface area contributed by atoms with Crippen molar-refractivity contribution in [3.8, 4) is 0 Å². The zero-order chi connectivity index (χ0) is 6.62. The fraction of sp³-hybridized carbons (Fsp3) is 0.667. The molecule has 0 aliphatic heterocycles. The average molecular weight is 112 g/mol. The van der Waals surface area contributed by atoms with E-state index in [1.54, 1.807) is 0 Å². The van der Waals surface area contributed by atoms with Crippen LogP contribution in [0, 0.1) is 5.41 Å². The van der Waals surface area contributed by atoms with Gasteiger partial charge in [-0.3, -0.25) is 4.99 Å². The third-order valence-electron chi connectivity index (χ3n) is 0.536. The van der Waals surface area contributed by atoms with Crippen LogP contribution in [0.25, 0.3) is 0 Å². The van der Waals surface area contributed by atoms with Crippen molar-refractivity contribution in [3.63, 3.8) is 0 Å². The molecule has 1 N–H and O–H groups in total. The van der Waals surface area contributed by atoms with Gasteiger partial charge >= 0.3 is 0 Å². The second kappa shape index (κ2) is 2.60. The highest BCUT2D eigenvalue weighted by Gasteiger charge is 2.02. The first-order valence-corrected chi connectivity index (χ1v) is 2.60. The van der Waals surface area contributed by atoms with Crippen molar-refractivity contribution >= 4 is 12.4 Å². The fourth-order valence-electron chi connectivity index (χ4n) is 0.261. The van der Waals surface area contributed by atoms with E-state index in [-0.39, 0.29) is 5.54 Å². The molecule has 0 saturated carbocycles. The van der Waals surface area contributed by atoms with Crippen LogP contribution in [0.4, 0.5) is 0 Å². The molecule has 2 heteroatoms. The highest BCUT2D eigenvalue weighted by atomic mass is 14.8. The van der Waals surface area contributed by atoms with Crippen LogP contribution in [-0.4, -0.2) is 18.0 Å². The number of hydrogen-bond donors (Lipinski definition) is 1. The minimum atomic E-state index is -0.0302. The van der Waals surface area contributed by atoms with E-state index >= 15 is 0 Å². The van der Waals surface area contributed by atoms with Gasteiger partial charge in [0.2, 0.25) is 0 Å². The molecule has 0 aromatic rings. The van der Waals surface area contributed by atoms with Crippen molar-refractivity contribution in [1.82, 2.24) is 0 Å². The number of rotatable bonds is 1.